The number of hydrogen-bond acceptors (Lipinski definition) is 3. The molecular formula is C13H16ClFN4. The molecular weight excluding hydrogens is 267 g/mol. The highest BCUT2D eigenvalue weighted by atomic mass is 35.5. The molecule has 2 rings (SSSR count). The van der Waals surface area contributed by atoms with E-state index < -0.39 is 0 Å². The number of unbranched alkanes of at least 4 members (excludes halogenated alkanes) is 1. The van der Waals surface area contributed by atoms with E-state index in [2.05, 4.69) is 10.3 Å². The van der Waals surface area contributed by atoms with E-state index in [0.717, 1.165) is 25.0 Å². The monoisotopic (exact) mass is 282 g/mol. The summed E-state index contributed by atoms with van der Waals surface area (Å²) in [6.45, 7) is 1.04. The Morgan fingerprint density at radius 3 is 2.89 bits per heavy atom. The van der Waals surface area contributed by atoms with Crippen LogP contribution in [0.4, 0.5) is 4.39 Å². The number of halogens is 2. The summed E-state index contributed by atoms with van der Waals surface area (Å²) in [6, 6.07) is 4.63. The molecule has 0 atom stereocenters. The molecule has 2 aromatic rings. The highest BCUT2D eigenvalue weighted by molar-refractivity contribution is 6.30. The van der Waals surface area contributed by atoms with Gasteiger partial charge in [0.1, 0.15) is 5.82 Å². The van der Waals surface area contributed by atoms with Crippen LogP contribution >= 0.6 is 11.6 Å². The van der Waals surface area contributed by atoms with E-state index in [1.165, 1.54) is 6.07 Å². The van der Waals surface area contributed by atoms with Gasteiger partial charge in [0.15, 0.2) is 0 Å². The van der Waals surface area contributed by atoms with Crippen molar-refractivity contribution in [1.29, 1.82) is 0 Å². The zero-order valence-corrected chi connectivity index (χ0v) is 11.3. The molecule has 1 aromatic carbocycles. The standard InChI is InChI=1S/C13H16ClFN4/c14-11-5-4-10(13(15)7-11)8-19-9-12(17-18-19)3-1-2-6-16/h4-5,7,9H,1-3,6,8,16H2. The number of rotatable bonds is 6. The first kappa shape index (κ1) is 14.0. The number of aromatic nitrogens is 3. The van der Waals surface area contributed by atoms with Gasteiger partial charge in [-0.2, -0.15) is 0 Å². The predicted octanol–water partition coefficient (Wildman–Crippen LogP) is 2.40. The summed E-state index contributed by atoms with van der Waals surface area (Å²) >= 11 is 5.71. The lowest BCUT2D eigenvalue weighted by Gasteiger charge is -2.02. The van der Waals surface area contributed by atoms with Crippen LogP contribution in [0.5, 0.6) is 0 Å². The van der Waals surface area contributed by atoms with E-state index in [-0.39, 0.29) is 5.82 Å². The van der Waals surface area contributed by atoms with Gasteiger partial charge in [0, 0.05) is 16.8 Å². The van der Waals surface area contributed by atoms with E-state index in [9.17, 15) is 4.39 Å². The molecule has 0 bridgehead atoms. The van der Waals surface area contributed by atoms with Crippen LogP contribution in [-0.4, -0.2) is 21.5 Å². The smallest absolute Gasteiger partial charge is 0.129 e. The van der Waals surface area contributed by atoms with E-state index >= 15 is 0 Å². The molecule has 0 unspecified atom stereocenters. The number of aryl methyl sites for hydroxylation is 1. The summed E-state index contributed by atoms with van der Waals surface area (Å²) < 4.78 is 15.3. The predicted molar refractivity (Wildman–Crippen MR) is 72.5 cm³/mol. The van der Waals surface area contributed by atoms with Crippen LogP contribution in [0.15, 0.2) is 24.4 Å². The van der Waals surface area contributed by atoms with E-state index in [1.807, 2.05) is 6.20 Å². The highest BCUT2D eigenvalue weighted by Gasteiger charge is 2.06. The summed E-state index contributed by atoms with van der Waals surface area (Å²) in [6.07, 6.45) is 4.65. The fourth-order valence-corrected chi connectivity index (χ4v) is 1.96. The fraction of sp³-hybridized carbons (Fsp3) is 0.385. The lowest BCUT2D eigenvalue weighted by molar-refractivity contribution is 0.577. The third-order valence-corrected chi connectivity index (χ3v) is 3.06. The van der Waals surface area contributed by atoms with Crippen molar-refractivity contribution in [1.82, 2.24) is 15.0 Å². The van der Waals surface area contributed by atoms with E-state index in [4.69, 9.17) is 17.3 Å². The first-order chi connectivity index (χ1) is 9.19. The van der Waals surface area contributed by atoms with E-state index in [0.29, 0.717) is 23.7 Å². The largest absolute Gasteiger partial charge is 0.330 e. The van der Waals surface area contributed by atoms with Crippen LogP contribution in [0, 0.1) is 5.82 Å². The van der Waals surface area contributed by atoms with Crippen molar-refractivity contribution in [2.75, 3.05) is 6.54 Å². The number of benzene rings is 1. The summed E-state index contributed by atoms with van der Waals surface area (Å²) in [5, 5.41) is 8.44. The van der Waals surface area contributed by atoms with Gasteiger partial charge in [-0.15, -0.1) is 5.10 Å². The molecule has 0 spiro atoms. The van der Waals surface area contributed by atoms with Gasteiger partial charge in [-0.1, -0.05) is 22.9 Å². The van der Waals surface area contributed by atoms with Crippen molar-refractivity contribution in [2.24, 2.45) is 5.73 Å². The third kappa shape index (κ3) is 4.01. The Morgan fingerprint density at radius 1 is 1.32 bits per heavy atom. The van der Waals surface area contributed by atoms with Gasteiger partial charge in [0.2, 0.25) is 0 Å². The normalized spacial score (nSPS) is 10.9. The quantitative estimate of drug-likeness (QED) is 0.828. The first-order valence-electron chi connectivity index (χ1n) is 6.22. The lowest BCUT2D eigenvalue weighted by atomic mass is 10.2. The maximum atomic E-state index is 13.6. The molecule has 0 saturated carbocycles. The van der Waals surface area contributed by atoms with E-state index in [1.54, 1.807) is 16.8 Å². The molecule has 19 heavy (non-hydrogen) atoms. The number of hydrogen-bond donors (Lipinski definition) is 1. The molecule has 0 fully saturated rings. The minimum absolute atomic E-state index is 0.326. The topological polar surface area (TPSA) is 56.7 Å². The van der Waals surface area contributed by atoms with Gasteiger partial charge in [-0.25, -0.2) is 9.07 Å². The van der Waals surface area contributed by atoms with Crippen molar-refractivity contribution < 1.29 is 4.39 Å². The Kier molecular flexibility index (Phi) is 4.87. The van der Waals surface area contributed by atoms with Gasteiger partial charge in [-0.3, -0.25) is 0 Å². The van der Waals surface area contributed by atoms with Gasteiger partial charge < -0.3 is 5.73 Å². The van der Waals surface area contributed by atoms with Crippen LogP contribution in [0.25, 0.3) is 0 Å². The Bertz CT molecular complexity index is 541. The maximum Gasteiger partial charge on any atom is 0.129 e. The van der Waals surface area contributed by atoms with Crippen molar-refractivity contribution in [3.05, 3.63) is 46.5 Å². The molecule has 1 aromatic heterocycles. The zero-order chi connectivity index (χ0) is 13.7. The molecule has 6 heteroatoms. The molecule has 0 saturated heterocycles. The average molecular weight is 283 g/mol. The second kappa shape index (κ2) is 6.63. The Morgan fingerprint density at radius 2 is 2.16 bits per heavy atom. The summed E-state index contributed by atoms with van der Waals surface area (Å²) in [4.78, 5) is 0. The summed E-state index contributed by atoms with van der Waals surface area (Å²) in [7, 11) is 0. The number of nitrogens with zero attached hydrogens (tertiary/aromatic N) is 3. The van der Waals surface area contributed by atoms with Crippen molar-refractivity contribution in [3.8, 4) is 0 Å². The third-order valence-electron chi connectivity index (χ3n) is 2.82. The van der Waals surface area contributed by atoms with Gasteiger partial charge in [0.25, 0.3) is 0 Å². The molecule has 0 aliphatic rings. The minimum Gasteiger partial charge on any atom is -0.330 e. The Hall–Kier alpha value is -1.46. The van der Waals surface area contributed by atoms with Crippen molar-refractivity contribution >= 4 is 11.6 Å². The SMILES string of the molecule is NCCCCc1cn(Cc2ccc(Cl)cc2F)nn1. The fourth-order valence-electron chi connectivity index (χ4n) is 1.81. The second-order valence-corrected chi connectivity index (χ2v) is 4.83. The number of nitrogens with two attached hydrogens (primary N) is 1. The van der Waals surface area contributed by atoms with Crippen LogP contribution in [-0.2, 0) is 13.0 Å². The molecule has 1 heterocycles. The Labute approximate surface area is 116 Å². The lowest BCUT2D eigenvalue weighted by Crippen LogP contribution is -2.02. The zero-order valence-electron chi connectivity index (χ0n) is 10.5. The molecule has 0 amide bonds. The molecule has 0 aliphatic heterocycles. The van der Waals surface area contributed by atoms with Crippen LogP contribution in [0.3, 0.4) is 0 Å². The van der Waals surface area contributed by atoms with Gasteiger partial charge in [-0.05, 0) is 37.9 Å². The molecule has 0 aliphatic carbocycles. The van der Waals surface area contributed by atoms with Gasteiger partial charge in [0.05, 0.1) is 12.2 Å². The summed E-state index contributed by atoms with van der Waals surface area (Å²) in [5.74, 6) is -0.326. The molecule has 4 nitrogen and oxygen atoms in total. The first-order valence-corrected chi connectivity index (χ1v) is 6.60. The Balaban J connectivity index is 1.99. The average Bonchev–Trinajstić information content (AvgIpc) is 2.81. The second-order valence-electron chi connectivity index (χ2n) is 4.39. The van der Waals surface area contributed by atoms with Crippen LogP contribution < -0.4 is 5.73 Å². The molecule has 0 radical (unpaired) electrons. The van der Waals surface area contributed by atoms with Crippen LogP contribution in [0.2, 0.25) is 5.02 Å². The molecule has 2 N–H and O–H groups in total. The van der Waals surface area contributed by atoms with Crippen LogP contribution in [0.1, 0.15) is 24.1 Å². The maximum absolute atomic E-state index is 13.6. The van der Waals surface area contributed by atoms with Crippen molar-refractivity contribution in [2.45, 2.75) is 25.8 Å². The van der Waals surface area contributed by atoms with Crippen molar-refractivity contribution in [3.63, 3.8) is 0 Å². The van der Waals surface area contributed by atoms with Gasteiger partial charge >= 0.3 is 0 Å². The minimum atomic E-state index is -0.326. The highest BCUT2D eigenvalue weighted by Crippen LogP contribution is 2.15. The summed E-state index contributed by atoms with van der Waals surface area (Å²) in [5.41, 5.74) is 6.88. The molecule has 102 valence electrons.